The number of carbonyl (C=O) groups excluding carboxylic acids is 1. The number of aromatic nitrogens is 2. The Kier molecular flexibility index (Phi) is 4.85. The van der Waals surface area contributed by atoms with E-state index in [0.29, 0.717) is 12.8 Å². The smallest absolute Gasteiger partial charge is 0.326 e. The van der Waals surface area contributed by atoms with E-state index < -0.39 is 12.0 Å². The first-order valence-electron chi connectivity index (χ1n) is 9.24. The Balaban J connectivity index is 1.42. The molecule has 4 N–H and O–H groups in total. The van der Waals surface area contributed by atoms with Gasteiger partial charge in [-0.05, 0) is 36.1 Å². The highest BCUT2D eigenvalue weighted by molar-refractivity contribution is 5.90. The molecule has 0 radical (unpaired) electrons. The summed E-state index contributed by atoms with van der Waals surface area (Å²) in [5, 5.41) is 14.3. The van der Waals surface area contributed by atoms with Gasteiger partial charge in [0.1, 0.15) is 6.04 Å². The third-order valence-electron chi connectivity index (χ3n) is 5.04. The van der Waals surface area contributed by atoms with E-state index in [2.05, 4.69) is 15.3 Å². The number of benzene rings is 2. The summed E-state index contributed by atoms with van der Waals surface area (Å²) in [7, 11) is 0. The second kappa shape index (κ2) is 7.60. The van der Waals surface area contributed by atoms with Gasteiger partial charge in [-0.2, -0.15) is 0 Å². The summed E-state index contributed by atoms with van der Waals surface area (Å²) in [5.41, 5.74) is 3.88. The van der Waals surface area contributed by atoms with E-state index in [1.807, 2.05) is 54.7 Å². The predicted molar refractivity (Wildman–Crippen MR) is 108 cm³/mol. The standard InChI is InChI=1S/C22H21N3O3/c26-21(11-15-13-24-19-8-4-2-6-17(15)19)25-20(22(27)28)10-9-14-12-23-18-7-3-1-5-16(14)18/h1-8,12-13,20,23-24H,9-11H2,(H,25,26)(H,27,28)/t20-/m1/s1. The molecule has 6 heteroatoms. The number of rotatable bonds is 7. The molecule has 6 nitrogen and oxygen atoms in total. The summed E-state index contributed by atoms with van der Waals surface area (Å²) in [6, 6.07) is 14.7. The van der Waals surface area contributed by atoms with Crippen molar-refractivity contribution in [2.75, 3.05) is 0 Å². The summed E-state index contributed by atoms with van der Waals surface area (Å²) in [6.07, 6.45) is 4.73. The lowest BCUT2D eigenvalue weighted by molar-refractivity contribution is -0.141. The van der Waals surface area contributed by atoms with Crippen LogP contribution in [0, 0.1) is 0 Å². The van der Waals surface area contributed by atoms with Crippen LogP contribution in [0.15, 0.2) is 60.9 Å². The molecule has 0 aliphatic rings. The first-order chi connectivity index (χ1) is 13.6. The number of carbonyl (C=O) groups is 2. The SMILES string of the molecule is O=C(Cc1c[nH]c2ccccc12)N[C@H](CCc1c[nH]c2ccccc12)C(=O)O. The third-order valence-corrected chi connectivity index (χ3v) is 5.04. The number of hydrogen-bond donors (Lipinski definition) is 4. The van der Waals surface area contributed by atoms with Gasteiger partial charge in [0, 0.05) is 34.2 Å². The fraction of sp³-hybridized carbons (Fsp3) is 0.182. The summed E-state index contributed by atoms with van der Waals surface area (Å²) in [5.74, 6) is -1.32. The minimum absolute atomic E-state index is 0.140. The van der Waals surface area contributed by atoms with Gasteiger partial charge in [-0.15, -0.1) is 0 Å². The molecule has 2 aromatic heterocycles. The van der Waals surface area contributed by atoms with Crippen LogP contribution in [0.3, 0.4) is 0 Å². The zero-order valence-corrected chi connectivity index (χ0v) is 15.2. The van der Waals surface area contributed by atoms with Crippen molar-refractivity contribution in [1.29, 1.82) is 0 Å². The van der Waals surface area contributed by atoms with Crippen LogP contribution in [0.2, 0.25) is 0 Å². The molecule has 0 saturated carbocycles. The average Bonchev–Trinajstić information content (AvgIpc) is 3.29. The number of carboxylic acid groups (broad SMARTS) is 1. The normalized spacial score (nSPS) is 12.3. The quantitative estimate of drug-likeness (QED) is 0.398. The molecule has 4 aromatic rings. The van der Waals surface area contributed by atoms with Crippen molar-refractivity contribution in [2.24, 2.45) is 0 Å². The van der Waals surface area contributed by atoms with Gasteiger partial charge in [-0.1, -0.05) is 36.4 Å². The lowest BCUT2D eigenvalue weighted by Gasteiger charge is -2.14. The number of nitrogens with one attached hydrogen (secondary N) is 3. The molecule has 1 atom stereocenters. The van der Waals surface area contributed by atoms with Crippen LogP contribution >= 0.6 is 0 Å². The van der Waals surface area contributed by atoms with E-state index in [1.54, 1.807) is 6.20 Å². The van der Waals surface area contributed by atoms with Crippen LogP contribution < -0.4 is 5.32 Å². The van der Waals surface area contributed by atoms with E-state index in [-0.39, 0.29) is 12.3 Å². The van der Waals surface area contributed by atoms with Gasteiger partial charge in [0.25, 0.3) is 0 Å². The van der Waals surface area contributed by atoms with E-state index in [1.165, 1.54) is 0 Å². The first-order valence-corrected chi connectivity index (χ1v) is 9.24. The molecular formula is C22H21N3O3. The average molecular weight is 375 g/mol. The molecule has 2 heterocycles. The fourth-order valence-electron chi connectivity index (χ4n) is 3.59. The zero-order chi connectivity index (χ0) is 19.5. The Morgan fingerprint density at radius 3 is 2.11 bits per heavy atom. The van der Waals surface area contributed by atoms with Gasteiger partial charge in [-0.3, -0.25) is 4.79 Å². The zero-order valence-electron chi connectivity index (χ0n) is 15.2. The summed E-state index contributed by atoms with van der Waals surface area (Å²) in [6.45, 7) is 0. The van der Waals surface area contributed by atoms with Crippen molar-refractivity contribution >= 4 is 33.7 Å². The third kappa shape index (κ3) is 3.62. The molecule has 1 amide bonds. The van der Waals surface area contributed by atoms with Gasteiger partial charge < -0.3 is 20.4 Å². The number of amides is 1. The van der Waals surface area contributed by atoms with Gasteiger partial charge in [0.15, 0.2) is 0 Å². The van der Waals surface area contributed by atoms with Crippen molar-refractivity contribution in [3.8, 4) is 0 Å². The molecule has 2 aromatic carbocycles. The number of para-hydroxylation sites is 2. The molecule has 0 spiro atoms. The molecule has 0 bridgehead atoms. The predicted octanol–water partition coefficient (Wildman–Crippen LogP) is 3.39. The number of carboxylic acids is 1. The van der Waals surface area contributed by atoms with Crippen molar-refractivity contribution in [2.45, 2.75) is 25.3 Å². The molecule has 4 rings (SSSR count). The Bertz CT molecular complexity index is 1140. The number of aliphatic carboxylic acids is 1. The van der Waals surface area contributed by atoms with Gasteiger partial charge in [0.05, 0.1) is 6.42 Å². The molecule has 0 fully saturated rings. The molecule has 0 aliphatic heterocycles. The van der Waals surface area contributed by atoms with Crippen LogP contribution in [-0.4, -0.2) is 33.0 Å². The number of hydrogen-bond acceptors (Lipinski definition) is 2. The minimum Gasteiger partial charge on any atom is -0.480 e. The Morgan fingerprint density at radius 2 is 1.46 bits per heavy atom. The Labute approximate surface area is 161 Å². The number of H-pyrrole nitrogens is 2. The van der Waals surface area contributed by atoms with Crippen LogP contribution in [0.1, 0.15) is 17.5 Å². The molecule has 0 saturated heterocycles. The molecule has 142 valence electrons. The molecule has 0 aliphatic carbocycles. The number of fused-ring (bicyclic) bond motifs is 2. The fourth-order valence-corrected chi connectivity index (χ4v) is 3.59. The highest BCUT2D eigenvalue weighted by atomic mass is 16.4. The van der Waals surface area contributed by atoms with Crippen molar-refractivity contribution in [1.82, 2.24) is 15.3 Å². The van der Waals surface area contributed by atoms with E-state index in [0.717, 1.165) is 32.9 Å². The van der Waals surface area contributed by atoms with Crippen LogP contribution in [0.25, 0.3) is 21.8 Å². The monoisotopic (exact) mass is 375 g/mol. The molecule has 28 heavy (non-hydrogen) atoms. The van der Waals surface area contributed by atoms with Crippen LogP contribution in [-0.2, 0) is 22.4 Å². The van der Waals surface area contributed by atoms with Gasteiger partial charge in [-0.25, -0.2) is 4.79 Å². The lowest BCUT2D eigenvalue weighted by Crippen LogP contribution is -2.41. The minimum atomic E-state index is -1.02. The highest BCUT2D eigenvalue weighted by Gasteiger charge is 2.21. The maximum Gasteiger partial charge on any atom is 0.326 e. The largest absolute Gasteiger partial charge is 0.480 e. The first kappa shape index (κ1) is 17.9. The van der Waals surface area contributed by atoms with Crippen LogP contribution in [0.5, 0.6) is 0 Å². The maximum atomic E-state index is 12.4. The summed E-state index contributed by atoms with van der Waals surface area (Å²) >= 11 is 0. The number of aromatic amines is 2. The molecule has 0 unspecified atom stereocenters. The van der Waals surface area contributed by atoms with Crippen molar-refractivity contribution < 1.29 is 14.7 Å². The molecular weight excluding hydrogens is 354 g/mol. The number of aryl methyl sites for hydroxylation is 1. The van der Waals surface area contributed by atoms with Crippen molar-refractivity contribution in [3.63, 3.8) is 0 Å². The van der Waals surface area contributed by atoms with E-state index in [4.69, 9.17) is 0 Å². The summed E-state index contributed by atoms with van der Waals surface area (Å²) < 4.78 is 0. The van der Waals surface area contributed by atoms with Gasteiger partial charge >= 0.3 is 5.97 Å². The Hall–Kier alpha value is -3.54. The maximum absolute atomic E-state index is 12.4. The second-order valence-corrected chi connectivity index (χ2v) is 6.89. The topological polar surface area (TPSA) is 98.0 Å². The lowest BCUT2D eigenvalue weighted by atomic mass is 10.0. The summed E-state index contributed by atoms with van der Waals surface area (Å²) in [4.78, 5) is 30.4. The second-order valence-electron chi connectivity index (χ2n) is 6.89. The van der Waals surface area contributed by atoms with E-state index >= 15 is 0 Å². The van der Waals surface area contributed by atoms with E-state index in [9.17, 15) is 14.7 Å². The van der Waals surface area contributed by atoms with Crippen molar-refractivity contribution in [3.05, 3.63) is 72.1 Å². The highest BCUT2D eigenvalue weighted by Crippen LogP contribution is 2.20. The van der Waals surface area contributed by atoms with Gasteiger partial charge in [0.2, 0.25) is 5.91 Å². The Morgan fingerprint density at radius 1 is 0.893 bits per heavy atom. The van der Waals surface area contributed by atoms with Crippen LogP contribution in [0.4, 0.5) is 0 Å².